The predicted molar refractivity (Wildman–Crippen MR) is 57.5 cm³/mol. The zero-order chi connectivity index (χ0) is 10.4. The summed E-state index contributed by atoms with van der Waals surface area (Å²) in [6.07, 6.45) is 4.16. The number of hydrogen-bond acceptors (Lipinski definition) is 3. The molecule has 0 spiro atoms. The van der Waals surface area contributed by atoms with E-state index >= 15 is 0 Å². The molecule has 1 heterocycles. The SMILES string of the molecule is CCC1CC(NCC(C)OC)CCO1. The highest BCUT2D eigenvalue weighted by molar-refractivity contribution is 4.76. The molecule has 0 radical (unpaired) electrons. The number of ether oxygens (including phenoxy) is 2. The van der Waals surface area contributed by atoms with Crippen molar-refractivity contribution < 1.29 is 9.47 Å². The van der Waals surface area contributed by atoms with Gasteiger partial charge in [-0.15, -0.1) is 0 Å². The van der Waals surface area contributed by atoms with Crippen LogP contribution < -0.4 is 5.32 Å². The molecule has 1 aliphatic rings. The van der Waals surface area contributed by atoms with E-state index in [0.29, 0.717) is 18.2 Å². The molecule has 14 heavy (non-hydrogen) atoms. The maximum absolute atomic E-state index is 5.62. The van der Waals surface area contributed by atoms with Crippen molar-refractivity contribution in [2.24, 2.45) is 0 Å². The summed E-state index contributed by atoms with van der Waals surface area (Å²) in [7, 11) is 1.76. The number of nitrogens with one attached hydrogen (secondary N) is 1. The normalized spacial score (nSPS) is 30.2. The summed E-state index contributed by atoms with van der Waals surface area (Å²) in [5.74, 6) is 0. The Morgan fingerprint density at radius 1 is 1.57 bits per heavy atom. The van der Waals surface area contributed by atoms with Crippen LogP contribution >= 0.6 is 0 Å². The average molecular weight is 201 g/mol. The van der Waals surface area contributed by atoms with Gasteiger partial charge in [-0.1, -0.05) is 6.92 Å². The lowest BCUT2D eigenvalue weighted by Crippen LogP contribution is -2.41. The average Bonchev–Trinajstić information content (AvgIpc) is 2.26. The Bertz CT molecular complexity index is 152. The highest BCUT2D eigenvalue weighted by Crippen LogP contribution is 2.16. The highest BCUT2D eigenvalue weighted by Gasteiger charge is 2.20. The molecule has 0 saturated carbocycles. The highest BCUT2D eigenvalue weighted by atomic mass is 16.5. The van der Waals surface area contributed by atoms with Gasteiger partial charge in [-0.3, -0.25) is 0 Å². The molecule has 3 heteroatoms. The number of methoxy groups -OCH3 is 1. The van der Waals surface area contributed by atoms with Crippen LogP contribution in [0.4, 0.5) is 0 Å². The van der Waals surface area contributed by atoms with Crippen LogP contribution in [0.5, 0.6) is 0 Å². The van der Waals surface area contributed by atoms with E-state index < -0.39 is 0 Å². The molecule has 3 atom stereocenters. The van der Waals surface area contributed by atoms with E-state index in [0.717, 1.165) is 32.4 Å². The molecule has 0 aromatic rings. The third-order valence-electron chi connectivity index (χ3n) is 2.92. The largest absolute Gasteiger partial charge is 0.380 e. The lowest BCUT2D eigenvalue weighted by atomic mass is 10.0. The Kier molecular flexibility index (Phi) is 5.45. The van der Waals surface area contributed by atoms with Crippen molar-refractivity contribution in [2.75, 3.05) is 20.3 Å². The maximum atomic E-state index is 5.62. The van der Waals surface area contributed by atoms with Gasteiger partial charge >= 0.3 is 0 Å². The number of hydrogen-bond donors (Lipinski definition) is 1. The van der Waals surface area contributed by atoms with Crippen molar-refractivity contribution in [1.82, 2.24) is 5.32 Å². The minimum Gasteiger partial charge on any atom is -0.380 e. The van der Waals surface area contributed by atoms with Crippen LogP contribution in [0, 0.1) is 0 Å². The molecule has 1 rings (SSSR count). The first-order valence-corrected chi connectivity index (χ1v) is 5.64. The van der Waals surface area contributed by atoms with Crippen molar-refractivity contribution in [3.05, 3.63) is 0 Å². The lowest BCUT2D eigenvalue weighted by Gasteiger charge is -2.30. The van der Waals surface area contributed by atoms with Crippen LogP contribution in [0.3, 0.4) is 0 Å². The Morgan fingerprint density at radius 2 is 2.36 bits per heavy atom. The van der Waals surface area contributed by atoms with Crippen LogP contribution in [0.2, 0.25) is 0 Å². The second-order valence-electron chi connectivity index (χ2n) is 4.08. The van der Waals surface area contributed by atoms with Crippen molar-refractivity contribution in [3.8, 4) is 0 Å². The quantitative estimate of drug-likeness (QED) is 0.732. The second kappa shape index (κ2) is 6.38. The summed E-state index contributed by atoms with van der Waals surface area (Å²) in [5, 5.41) is 3.53. The fourth-order valence-electron chi connectivity index (χ4n) is 1.77. The molecule has 0 bridgehead atoms. The van der Waals surface area contributed by atoms with Gasteiger partial charge in [0.15, 0.2) is 0 Å². The second-order valence-corrected chi connectivity index (χ2v) is 4.08. The smallest absolute Gasteiger partial charge is 0.0667 e. The van der Waals surface area contributed by atoms with Gasteiger partial charge in [0.2, 0.25) is 0 Å². The van der Waals surface area contributed by atoms with Crippen molar-refractivity contribution in [2.45, 2.75) is 51.4 Å². The lowest BCUT2D eigenvalue weighted by molar-refractivity contribution is -0.00264. The first-order chi connectivity index (χ1) is 6.76. The standard InChI is InChI=1S/C11H23NO2/c1-4-11-7-10(5-6-14-11)12-8-9(2)13-3/h9-12H,4-8H2,1-3H3. The molecular weight excluding hydrogens is 178 g/mol. The van der Waals surface area contributed by atoms with Gasteiger partial charge in [0.25, 0.3) is 0 Å². The van der Waals surface area contributed by atoms with E-state index in [1.807, 2.05) is 0 Å². The van der Waals surface area contributed by atoms with Crippen LogP contribution in [0.25, 0.3) is 0 Å². The predicted octanol–water partition coefficient (Wildman–Crippen LogP) is 1.57. The Hall–Kier alpha value is -0.120. The van der Waals surface area contributed by atoms with E-state index in [1.54, 1.807) is 7.11 Å². The third kappa shape index (κ3) is 3.95. The van der Waals surface area contributed by atoms with Crippen LogP contribution in [-0.2, 0) is 9.47 Å². The molecule has 0 aliphatic carbocycles. The van der Waals surface area contributed by atoms with Crippen molar-refractivity contribution in [1.29, 1.82) is 0 Å². The van der Waals surface area contributed by atoms with E-state index in [1.165, 1.54) is 0 Å². The van der Waals surface area contributed by atoms with Crippen molar-refractivity contribution in [3.63, 3.8) is 0 Å². The van der Waals surface area contributed by atoms with Gasteiger partial charge < -0.3 is 14.8 Å². The third-order valence-corrected chi connectivity index (χ3v) is 2.92. The van der Waals surface area contributed by atoms with Gasteiger partial charge in [0, 0.05) is 26.3 Å². The first kappa shape index (κ1) is 12.0. The zero-order valence-electron chi connectivity index (χ0n) is 9.58. The summed E-state index contributed by atoms with van der Waals surface area (Å²) >= 11 is 0. The van der Waals surface area contributed by atoms with E-state index in [-0.39, 0.29) is 0 Å². The Balaban J connectivity index is 2.17. The van der Waals surface area contributed by atoms with E-state index in [2.05, 4.69) is 19.2 Å². The molecule has 3 unspecified atom stereocenters. The van der Waals surface area contributed by atoms with Crippen LogP contribution in [0.15, 0.2) is 0 Å². The maximum Gasteiger partial charge on any atom is 0.0667 e. The number of rotatable bonds is 5. The van der Waals surface area contributed by atoms with Crippen LogP contribution in [-0.4, -0.2) is 38.5 Å². The minimum atomic E-state index is 0.304. The summed E-state index contributed by atoms with van der Waals surface area (Å²) in [6, 6.07) is 0.617. The monoisotopic (exact) mass is 201 g/mol. The van der Waals surface area contributed by atoms with Crippen molar-refractivity contribution >= 4 is 0 Å². The fraction of sp³-hybridized carbons (Fsp3) is 1.00. The fourth-order valence-corrected chi connectivity index (χ4v) is 1.77. The van der Waals surface area contributed by atoms with Gasteiger partial charge in [0.1, 0.15) is 0 Å². The zero-order valence-corrected chi connectivity index (χ0v) is 9.58. The molecule has 0 aromatic carbocycles. The van der Waals surface area contributed by atoms with Gasteiger partial charge in [0.05, 0.1) is 12.2 Å². The van der Waals surface area contributed by atoms with Gasteiger partial charge in [-0.05, 0) is 26.2 Å². The van der Waals surface area contributed by atoms with E-state index in [9.17, 15) is 0 Å². The molecule has 1 saturated heterocycles. The summed E-state index contributed by atoms with van der Waals surface area (Å²) in [6.45, 7) is 6.11. The summed E-state index contributed by atoms with van der Waals surface area (Å²) in [4.78, 5) is 0. The molecule has 1 aliphatic heterocycles. The first-order valence-electron chi connectivity index (χ1n) is 5.64. The molecule has 84 valence electrons. The summed E-state index contributed by atoms with van der Waals surface area (Å²) in [5.41, 5.74) is 0. The van der Waals surface area contributed by atoms with Crippen LogP contribution in [0.1, 0.15) is 33.1 Å². The summed E-state index contributed by atoms with van der Waals surface area (Å²) < 4.78 is 10.8. The topological polar surface area (TPSA) is 30.5 Å². The molecule has 1 N–H and O–H groups in total. The van der Waals surface area contributed by atoms with Gasteiger partial charge in [-0.2, -0.15) is 0 Å². The Morgan fingerprint density at radius 3 is 3.00 bits per heavy atom. The Labute approximate surface area is 87.2 Å². The molecule has 0 amide bonds. The van der Waals surface area contributed by atoms with E-state index in [4.69, 9.17) is 9.47 Å². The molecular formula is C11H23NO2. The van der Waals surface area contributed by atoms with Gasteiger partial charge in [-0.25, -0.2) is 0 Å². The molecule has 3 nitrogen and oxygen atoms in total. The minimum absolute atomic E-state index is 0.304. The molecule has 1 fully saturated rings. The molecule has 0 aromatic heterocycles.